The first kappa shape index (κ1) is 13.8. The molecule has 102 valence electrons. The van der Waals surface area contributed by atoms with Gasteiger partial charge < -0.3 is 5.11 Å². The highest BCUT2D eigenvalue weighted by atomic mass is 79.9. The van der Waals surface area contributed by atoms with Crippen molar-refractivity contribution in [2.24, 2.45) is 0 Å². The topological polar surface area (TPSA) is 72.9 Å². The fraction of sp³-hybridized carbons (Fsp3) is 0.417. The minimum absolute atomic E-state index is 0.0504. The third-order valence-electron chi connectivity index (χ3n) is 2.87. The molecule has 2 aromatic rings. The molecule has 0 amide bonds. The van der Waals surface area contributed by atoms with Crippen LogP contribution in [0.4, 0.5) is 0 Å². The minimum atomic E-state index is -1.02. The molecular formula is C12H15BrN4O2. The average Bonchev–Trinajstić information content (AvgIpc) is 2.96. The van der Waals surface area contributed by atoms with Crippen LogP contribution in [0.5, 0.6) is 0 Å². The lowest BCUT2D eigenvalue weighted by molar-refractivity contribution is 0.0689. The molecule has 2 heterocycles. The number of rotatable bonds is 5. The maximum absolute atomic E-state index is 10.8. The molecule has 19 heavy (non-hydrogen) atoms. The molecule has 2 rings (SSSR count). The summed E-state index contributed by atoms with van der Waals surface area (Å²) in [6.45, 7) is 5.33. The zero-order valence-corrected chi connectivity index (χ0v) is 12.4. The minimum Gasteiger partial charge on any atom is -0.476 e. The molecule has 0 fully saturated rings. The van der Waals surface area contributed by atoms with Gasteiger partial charge in [-0.2, -0.15) is 10.2 Å². The number of carboxylic acids is 1. The van der Waals surface area contributed by atoms with Crippen molar-refractivity contribution in [3.05, 3.63) is 33.8 Å². The molecule has 0 aliphatic heterocycles. The van der Waals surface area contributed by atoms with Gasteiger partial charge in [0, 0.05) is 12.7 Å². The van der Waals surface area contributed by atoms with E-state index >= 15 is 0 Å². The zero-order valence-electron chi connectivity index (χ0n) is 10.8. The Morgan fingerprint density at radius 2 is 2.16 bits per heavy atom. The Kier molecular flexibility index (Phi) is 4.04. The van der Waals surface area contributed by atoms with Crippen LogP contribution in [0.2, 0.25) is 0 Å². The summed E-state index contributed by atoms with van der Waals surface area (Å²) in [5.74, 6) is -1.02. The first-order valence-corrected chi connectivity index (χ1v) is 6.86. The number of aromatic carboxylic acids is 1. The fourth-order valence-corrected chi connectivity index (χ4v) is 2.58. The van der Waals surface area contributed by atoms with Crippen LogP contribution < -0.4 is 0 Å². The average molecular weight is 327 g/mol. The maximum atomic E-state index is 10.8. The number of carboxylic acid groups (broad SMARTS) is 1. The van der Waals surface area contributed by atoms with Crippen LogP contribution in [0.3, 0.4) is 0 Å². The van der Waals surface area contributed by atoms with Gasteiger partial charge in [0.15, 0.2) is 5.69 Å². The molecule has 0 saturated heterocycles. The van der Waals surface area contributed by atoms with Crippen LogP contribution in [0.25, 0.3) is 0 Å². The lowest BCUT2D eigenvalue weighted by Gasteiger charge is -2.05. The molecule has 0 aliphatic carbocycles. The van der Waals surface area contributed by atoms with Crippen LogP contribution in [-0.4, -0.2) is 30.6 Å². The van der Waals surface area contributed by atoms with Gasteiger partial charge in [0.1, 0.15) is 0 Å². The number of hydrogen-bond donors (Lipinski definition) is 1. The summed E-state index contributed by atoms with van der Waals surface area (Å²) in [4.78, 5) is 10.8. The summed E-state index contributed by atoms with van der Waals surface area (Å²) < 4.78 is 4.49. The second-order valence-electron chi connectivity index (χ2n) is 4.08. The van der Waals surface area contributed by atoms with E-state index < -0.39 is 5.97 Å². The van der Waals surface area contributed by atoms with Gasteiger partial charge in [0.25, 0.3) is 0 Å². The van der Waals surface area contributed by atoms with Gasteiger partial charge in [0.05, 0.1) is 22.4 Å². The SMILES string of the molecule is CCc1nn(CC)c(Cn2ccc(C(=O)O)n2)c1Br. The third-order valence-corrected chi connectivity index (χ3v) is 3.78. The van der Waals surface area contributed by atoms with E-state index in [-0.39, 0.29) is 5.69 Å². The number of carbonyl (C=O) groups is 1. The molecule has 0 spiro atoms. The summed E-state index contributed by atoms with van der Waals surface area (Å²) in [6.07, 6.45) is 2.51. The van der Waals surface area contributed by atoms with E-state index in [1.807, 2.05) is 18.5 Å². The summed E-state index contributed by atoms with van der Waals surface area (Å²) in [5.41, 5.74) is 2.05. The first-order valence-electron chi connectivity index (χ1n) is 6.07. The van der Waals surface area contributed by atoms with Crippen molar-refractivity contribution in [2.45, 2.75) is 33.4 Å². The van der Waals surface area contributed by atoms with Crippen molar-refractivity contribution < 1.29 is 9.90 Å². The van der Waals surface area contributed by atoms with Crippen molar-refractivity contribution in [3.8, 4) is 0 Å². The predicted molar refractivity (Wildman–Crippen MR) is 73.3 cm³/mol. The number of nitrogens with zero attached hydrogens (tertiary/aromatic N) is 4. The molecular weight excluding hydrogens is 312 g/mol. The largest absolute Gasteiger partial charge is 0.476 e. The molecule has 0 saturated carbocycles. The third kappa shape index (κ3) is 2.70. The smallest absolute Gasteiger partial charge is 0.356 e. The molecule has 6 nitrogen and oxygen atoms in total. The van der Waals surface area contributed by atoms with Crippen molar-refractivity contribution in [1.29, 1.82) is 0 Å². The highest BCUT2D eigenvalue weighted by molar-refractivity contribution is 9.10. The molecule has 1 N–H and O–H groups in total. The number of halogens is 1. The van der Waals surface area contributed by atoms with E-state index in [0.29, 0.717) is 6.54 Å². The summed E-state index contributed by atoms with van der Waals surface area (Å²) in [6, 6.07) is 1.49. The van der Waals surface area contributed by atoms with Gasteiger partial charge in [-0.1, -0.05) is 6.92 Å². The second kappa shape index (κ2) is 5.56. The maximum Gasteiger partial charge on any atom is 0.356 e. The van der Waals surface area contributed by atoms with E-state index in [1.54, 1.807) is 10.9 Å². The fourth-order valence-electron chi connectivity index (χ4n) is 1.89. The van der Waals surface area contributed by atoms with Gasteiger partial charge in [0.2, 0.25) is 0 Å². The van der Waals surface area contributed by atoms with Gasteiger partial charge in [-0.05, 0) is 35.3 Å². The van der Waals surface area contributed by atoms with Gasteiger partial charge in [-0.15, -0.1) is 0 Å². The first-order chi connectivity index (χ1) is 9.06. The van der Waals surface area contributed by atoms with Crippen LogP contribution in [0.1, 0.15) is 35.7 Å². The molecule has 2 aromatic heterocycles. The molecule has 0 radical (unpaired) electrons. The summed E-state index contributed by atoms with van der Waals surface area (Å²) in [7, 11) is 0. The molecule has 0 atom stereocenters. The Hall–Kier alpha value is -1.63. The van der Waals surface area contributed by atoms with Crippen LogP contribution in [0.15, 0.2) is 16.7 Å². The normalized spacial score (nSPS) is 10.9. The van der Waals surface area contributed by atoms with E-state index in [9.17, 15) is 4.79 Å². The van der Waals surface area contributed by atoms with Gasteiger partial charge >= 0.3 is 5.97 Å². The van der Waals surface area contributed by atoms with Crippen molar-refractivity contribution in [1.82, 2.24) is 19.6 Å². The van der Waals surface area contributed by atoms with E-state index in [0.717, 1.165) is 28.8 Å². The number of aromatic nitrogens is 4. The van der Waals surface area contributed by atoms with Crippen molar-refractivity contribution >= 4 is 21.9 Å². The van der Waals surface area contributed by atoms with Crippen molar-refractivity contribution in [2.75, 3.05) is 0 Å². The second-order valence-corrected chi connectivity index (χ2v) is 4.87. The lowest BCUT2D eigenvalue weighted by Crippen LogP contribution is -2.09. The Labute approximate surface area is 119 Å². The lowest BCUT2D eigenvalue weighted by atomic mass is 10.3. The van der Waals surface area contributed by atoms with Crippen molar-refractivity contribution in [3.63, 3.8) is 0 Å². The predicted octanol–water partition coefficient (Wildman–Crippen LogP) is 2.17. The van der Waals surface area contributed by atoms with Gasteiger partial charge in [-0.3, -0.25) is 9.36 Å². The Bertz CT molecular complexity index is 603. The number of hydrogen-bond acceptors (Lipinski definition) is 3. The van der Waals surface area contributed by atoms with Gasteiger partial charge in [-0.25, -0.2) is 4.79 Å². The standard InChI is InChI=1S/C12H15BrN4O2/c1-3-8-11(13)10(17(4-2)15-8)7-16-6-5-9(14-16)12(18)19/h5-6H,3-4,7H2,1-2H3,(H,18,19). The van der Waals surface area contributed by atoms with Crippen LogP contribution in [-0.2, 0) is 19.5 Å². The monoisotopic (exact) mass is 326 g/mol. The van der Waals surface area contributed by atoms with E-state index in [1.165, 1.54) is 6.07 Å². The summed E-state index contributed by atoms with van der Waals surface area (Å²) in [5, 5.41) is 17.4. The van der Waals surface area contributed by atoms with E-state index in [2.05, 4.69) is 26.1 Å². The zero-order chi connectivity index (χ0) is 14.0. The van der Waals surface area contributed by atoms with Crippen LogP contribution in [0, 0.1) is 0 Å². The molecule has 7 heteroatoms. The van der Waals surface area contributed by atoms with E-state index in [4.69, 9.17) is 5.11 Å². The number of aryl methyl sites for hydroxylation is 2. The highest BCUT2D eigenvalue weighted by Gasteiger charge is 2.15. The highest BCUT2D eigenvalue weighted by Crippen LogP contribution is 2.23. The molecule has 0 aromatic carbocycles. The molecule has 0 bridgehead atoms. The quantitative estimate of drug-likeness (QED) is 0.913. The Morgan fingerprint density at radius 3 is 2.68 bits per heavy atom. The summed E-state index contributed by atoms with van der Waals surface area (Å²) >= 11 is 3.56. The Morgan fingerprint density at radius 1 is 1.42 bits per heavy atom. The molecule has 0 unspecified atom stereocenters. The molecule has 0 aliphatic rings. The van der Waals surface area contributed by atoms with Crippen LogP contribution >= 0.6 is 15.9 Å². The Balaban J connectivity index is 2.31.